The Balaban J connectivity index is 0.00000272. The van der Waals surface area contributed by atoms with Gasteiger partial charge in [-0.1, -0.05) is 19.9 Å². The van der Waals surface area contributed by atoms with Crippen molar-refractivity contribution >= 4 is 27.6 Å². The summed E-state index contributed by atoms with van der Waals surface area (Å²) in [6, 6.07) is 4.78. The van der Waals surface area contributed by atoms with E-state index < -0.39 is 16.2 Å². The average molecular weight is 473 g/mol. The minimum absolute atomic E-state index is 0. The molecule has 0 spiro atoms. The van der Waals surface area contributed by atoms with Gasteiger partial charge >= 0.3 is 45.8 Å². The average Bonchev–Trinajstić information content (AvgIpc) is 3.14. The molecule has 1 aromatic heterocycles. The number of carbonyl (C=O) groups excluding carboxylic acids is 1. The SMILES string of the molecule is CCc1cc(CC)cc(NC(=O)NS(=O)(=O)N(c2cnn(C)c2)C2CCN(C)CC2)c1.[H-].[Na+]. The number of aromatic nitrogens is 2. The molecular formula is C21H33N6NaO3S. The molecule has 2 N–H and O–H groups in total. The number of piperidine rings is 1. The van der Waals surface area contributed by atoms with E-state index in [1.807, 2.05) is 33.0 Å². The van der Waals surface area contributed by atoms with Gasteiger partial charge in [0, 0.05) is 25.0 Å². The number of hydrogen-bond donors (Lipinski definition) is 2. The van der Waals surface area contributed by atoms with Gasteiger partial charge in [-0.25, -0.2) is 13.8 Å². The first-order valence-corrected chi connectivity index (χ1v) is 12.1. The number of nitrogens with one attached hydrogen (secondary N) is 2. The van der Waals surface area contributed by atoms with Crippen molar-refractivity contribution in [3.63, 3.8) is 0 Å². The van der Waals surface area contributed by atoms with Crippen LogP contribution in [0, 0.1) is 0 Å². The summed E-state index contributed by atoms with van der Waals surface area (Å²) in [6.07, 6.45) is 6.15. The maximum atomic E-state index is 13.3. The van der Waals surface area contributed by atoms with Crippen LogP contribution in [0.1, 0.15) is 39.2 Å². The fourth-order valence-electron chi connectivity index (χ4n) is 3.86. The van der Waals surface area contributed by atoms with Crippen molar-refractivity contribution in [2.45, 2.75) is 45.6 Å². The second kappa shape index (κ2) is 11.5. The summed E-state index contributed by atoms with van der Waals surface area (Å²) < 4.78 is 31.6. The van der Waals surface area contributed by atoms with Crippen molar-refractivity contribution in [2.24, 2.45) is 7.05 Å². The first-order chi connectivity index (χ1) is 14.7. The Kier molecular flexibility index (Phi) is 9.59. The maximum Gasteiger partial charge on any atom is 1.00 e. The van der Waals surface area contributed by atoms with Crippen LogP contribution in [-0.4, -0.2) is 55.3 Å². The molecule has 32 heavy (non-hydrogen) atoms. The predicted molar refractivity (Wildman–Crippen MR) is 124 cm³/mol. The zero-order valence-corrected chi connectivity index (χ0v) is 22.4. The van der Waals surface area contributed by atoms with Crippen molar-refractivity contribution in [1.82, 2.24) is 19.4 Å². The molecule has 2 aromatic rings. The Bertz CT molecular complexity index is 1000. The number of hydrogen-bond acceptors (Lipinski definition) is 5. The van der Waals surface area contributed by atoms with Gasteiger partial charge in [-0.15, -0.1) is 0 Å². The van der Waals surface area contributed by atoms with E-state index in [1.165, 1.54) is 10.5 Å². The van der Waals surface area contributed by atoms with E-state index in [-0.39, 0.29) is 37.0 Å². The summed E-state index contributed by atoms with van der Waals surface area (Å²) in [4.78, 5) is 14.8. The number of carbonyl (C=O) groups is 1. The predicted octanol–water partition coefficient (Wildman–Crippen LogP) is -0.371. The molecule has 172 valence electrons. The van der Waals surface area contributed by atoms with Gasteiger partial charge in [-0.05, 0) is 69.1 Å². The van der Waals surface area contributed by atoms with E-state index in [1.54, 1.807) is 17.9 Å². The topological polar surface area (TPSA) is 99.6 Å². The van der Waals surface area contributed by atoms with Crippen molar-refractivity contribution in [1.29, 1.82) is 0 Å². The van der Waals surface area contributed by atoms with E-state index in [9.17, 15) is 13.2 Å². The fraction of sp³-hybridized carbons (Fsp3) is 0.524. The van der Waals surface area contributed by atoms with Gasteiger partial charge in [0.1, 0.15) is 0 Å². The van der Waals surface area contributed by atoms with Crippen molar-refractivity contribution in [3.8, 4) is 0 Å². The molecule has 1 aliphatic heterocycles. The number of urea groups is 1. The van der Waals surface area contributed by atoms with Crippen LogP contribution in [0.5, 0.6) is 0 Å². The van der Waals surface area contributed by atoms with Gasteiger partial charge in [-0.3, -0.25) is 4.68 Å². The van der Waals surface area contributed by atoms with Crippen LogP contribution in [0.25, 0.3) is 0 Å². The van der Waals surface area contributed by atoms with Crippen LogP contribution in [0.15, 0.2) is 30.6 Å². The molecule has 1 fully saturated rings. The van der Waals surface area contributed by atoms with Crippen LogP contribution in [0.3, 0.4) is 0 Å². The Morgan fingerprint density at radius 1 is 1.16 bits per heavy atom. The third-order valence-corrected chi connectivity index (χ3v) is 7.04. The van der Waals surface area contributed by atoms with Crippen molar-refractivity contribution < 1.29 is 44.2 Å². The standard InChI is InChI=1S/C21H32N6O3S.Na.H/c1-5-16-11-17(6-2)13-18(12-16)23-21(28)24-31(29,30)27(20-14-22-26(4)15-20)19-7-9-25(3)10-8-19;;/h11-15,19H,5-10H2,1-4H3,(H2,23,24,28);;/q;+1;-1. The second-order valence-corrected chi connectivity index (χ2v) is 9.56. The number of anilines is 2. The van der Waals surface area contributed by atoms with Crippen LogP contribution in [0.4, 0.5) is 16.2 Å². The molecular weight excluding hydrogens is 439 g/mol. The molecule has 2 heterocycles. The molecule has 0 aliphatic carbocycles. The normalized spacial score (nSPS) is 15.1. The molecule has 0 radical (unpaired) electrons. The van der Waals surface area contributed by atoms with Gasteiger partial charge in [0.15, 0.2) is 0 Å². The molecule has 0 bridgehead atoms. The van der Waals surface area contributed by atoms with Crippen LogP contribution in [0.2, 0.25) is 0 Å². The molecule has 1 aromatic carbocycles. The van der Waals surface area contributed by atoms with Gasteiger partial charge in [0.05, 0.1) is 11.9 Å². The molecule has 3 rings (SSSR count). The first-order valence-electron chi connectivity index (χ1n) is 10.6. The Morgan fingerprint density at radius 2 is 1.75 bits per heavy atom. The fourth-order valence-corrected chi connectivity index (χ4v) is 5.22. The number of amides is 2. The summed E-state index contributed by atoms with van der Waals surface area (Å²) in [5.74, 6) is 0. The minimum Gasteiger partial charge on any atom is -1.00 e. The maximum absolute atomic E-state index is 13.3. The van der Waals surface area contributed by atoms with E-state index >= 15 is 0 Å². The number of nitrogens with zero attached hydrogens (tertiary/aromatic N) is 4. The van der Waals surface area contributed by atoms with Crippen LogP contribution in [-0.2, 0) is 30.1 Å². The molecule has 0 saturated carbocycles. The molecule has 1 aliphatic rings. The van der Waals surface area contributed by atoms with E-state index in [0.29, 0.717) is 24.2 Å². The van der Waals surface area contributed by atoms with Gasteiger partial charge < -0.3 is 11.6 Å². The molecule has 9 nitrogen and oxygen atoms in total. The van der Waals surface area contributed by atoms with Gasteiger partial charge in [0.25, 0.3) is 0 Å². The first kappa shape index (κ1) is 26.7. The van der Waals surface area contributed by atoms with E-state index in [2.05, 4.69) is 26.1 Å². The van der Waals surface area contributed by atoms with Crippen LogP contribution < -0.4 is 43.9 Å². The van der Waals surface area contributed by atoms with E-state index in [4.69, 9.17) is 0 Å². The monoisotopic (exact) mass is 472 g/mol. The zero-order chi connectivity index (χ0) is 22.6. The minimum atomic E-state index is -4.13. The summed E-state index contributed by atoms with van der Waals surface area (Å²) in [6.45, 7) is 5.65. The third-order valence-electron chi connectivity index (χ3n) is 5.57. The van der Waals surface area contributed by atoms with Crippen molar-refractivity contribution in [3.05, 3.63) is 41.7 Å². The zero-order valence-electron chi connectivity index (χ0n) is 20.6. The third kappa shape index (κ3) is 6.71. The number of rotatable bonds is 7. The Hall–Kier alpha value is -1.59. The largest absolute Gasteiger partial charge is 1.00 e. The molecule has 2 amide bonds. The quantitative estimate of drug-likeness (QED) is 0.536. The summed E-state index contributed by atoms with van der Waals surface area (Å²) in [5.41, 5.74) is 3.19. The molecule has 0 atom stereocenters. The summed E-state index contributed by atoms with van der Waals surface area (Å²) in [7, 11) is -0.385. The second-order valence-electron chi connectivity index (χ2n) is 8.01. The van der Waals surface area contributed by atoms with Crippen molar-refractivity contribution in [2.75, 3.05) is 29.8 Å². The number of benzene rings is 1. The number of aryl methyl sites for hydroxylation is 3. The molecule has 1 saturated heterocycles. The summed E-state index contributed by atoms with van der Waals surface area (Å²) >= 11 is 0. The van der Waals surface area contributed by atoms with E-state index in [0.717, 1.165) is 37.1 Å². The molecule has 11 heteroatoms. The van der Waals surface area contributed by atoms with Gasteiger partial charge in [0.2, 0.25) is 0 Å². The van der Waals surface area contributed by atoms with Crippen LogP contribution >= 0.6 is 0 Å². The Morgan fingerprint density at radius 3 is 2.25 bits per heavy atom. The smallest absolute Gasteiger partial charge is 1.00 e. The Labute approximate surface area is 214 Å². The number of likely N-dealkylation sites (tertiary alicyclic amines) is 1. The van der Waals surface area contributed by atoms with Gasteiger partial charge in [-0.2, -0.15) is 13.5 Å². The molecule has 0 unspecified atom stereocenters. The summed E-state index contributed by atoms with van der Waals surface area (Å²) in [5, 5.41) is 6.80.